The van der Waals surface area contributed by atoms with Gasteiger partial charge in [-0.1, -0.05) is 108 Å². The molecule has 0 fully saturated rings. The van der Waals surface area contributed by atoms with Crippen LogP contribution in [0.15, 0.2) is 36.4 Å². The third kappa shape index (κ3) is 4.03. The molecule has 2 heteroatoms. The zero-order chi connectivity index (χ0) is 18.0. The largest absolute Gasteiger partial charge is 0.0694 e. The van der Waals surface area contributed by atoms with Crippen LogP contribution in [0, 0.1) is 0 Å². The van der Waals surface area contributed by atoms with E-state index >= 15 is 0 Å². The molecule has 0 nitrogen and oxygen atoms in total. The molecule has 2 aromatic carbocycles. The van der Waals surface area contributed by atoms with Crippen molar-refractivity contribution in [1.82, 2.24) is 0 Å². The van der Waals surface area contributed by atoms with Crippen molar-refractivity contribution in [3.63, 3.8) is 0 Å². The lowest BCUT2D eigenvalue weighted by Crippen LogP contribution is -2.23. The third-order valence-corrected chi connectivity index (χ3v) is 11.0. The molecule has 0 bridgehead atoms. The van der Waals surface area contributed by atoms with Gasteiger partial charge in [-0.25, -0.2) is 0 Å². The Kier molecular flexibility index (Phi) is 6.87. The number of fused-ring (bicyclic) bond motifs is 1. The van der Waals surface area contributed by atoms with Crippen LogP contribution in [0.25, 0.3) is 10.8 Å². The highest BCUT2D eigenvalue weighted by Gasteiger charge is 2.26. The van der Waals surface area contributed by atoms with Gasteiger partial charge in [-0.05, 0) is 44.0 Å². The van der Waals surface area contributed by atoms with Crippen molar-refractivity contribution in [2.75, 3.05) is 0 Å². The summed E-state index contributed by atoms with van der Waals surface area (Å²) in [6.07, 6.45) is 0. The molecule has 0 radical (unpaired) electrons. The molecule has 2 aromatic rings. The first-order valence-corrected chi connectivity index (χ1v) is 12.3. The van der Waals surface area contributed by atoms with Gasteiger partial charge in [-0.15, -0.1) is 0 Å². The highest BCUT2D eigenvalue weighted by molar-refractivity contribution is 7.69. The molecule has 24 heavy (non-hydrogen) atoms. The van der Waals surface area contributed by atoms with Gasteiger partial charge in [0.15, 0.2) is 0 Å². The Labute approximate surface area is 151 Å². The van der Waals surface area contributed by atoms with Gasteiger partial charge in [0.2, 0.25) is 0 Å². The molecular weight excluding hydrogens is 326 g/mol. The zero-order valence-electron chi connectivity index (χ0n) is 16.7. The fourth-order valence-electron chi connectivity index (χ4n) is 4.04. The molecule has 0 heterocycles. The molecule has 0 amide bonds. The number of benzene rings is 2. The van der Waals surface area contributed by atoms with E-state index in [2.05, 4.69) is 91.8 Å². The highest BCUT2D eigenvalue weighted by Crippen LogP contribution is 2.50. The Hall–Kier alpha value is -0.440. The van der Waals surface area contributed by atoms with Crippen LogP contribution in [0.4, 0.5) is 0 Å². The predicted octanol–water partition coefficient (Wildman–Crippen LogP) is 6.69. The summed E-state index contributed by atoms with van der Waals surface area (Å²) < 4.78 is 0. The lowest BCUT2D eigenvalue weighted by atomic mass is 10.1. The van der Waals surface area contributed by atoms with Gasteiger partial charge in [-0.2, -0.15) is 0 Å². The van der Waals surface area contributed by atoms with E-state index in [9.17, 15) is 0 Å². The molecule has 0 aliphatic heterocycles. The van der Waals surface area contributed by atoms with Gasteiger partial charge in [0, 0.05) is 0 Å². The molecule has 0 N–H and O–H groups in total. The summed E-state index contributed by atoms with van der Waals surface area (Å²) in [5.41, 5.74) is 2.90. The fraction of sp³-hybridized carbons (Fsp3) is 0.545. The van der Waals surface area contributed by atoms with Gasteiger partial charge in [0.1, 0.15) is 0 Å². The van der Waals surface area contributed by atoms with Crippen molar-refractivity contribution in [3.05, 3.63) is 36.4 Å². The summed E-state index contributed by atoms with van der Waals surface area (Å²) in [5.74, 6) is 0. The van der Waals surface area contributed by atoms with Gasteiger partial charge in [0.05, 0.1) is 0 Å². The van der Waals surface area contributed by atoms with Crippen LogP contribution < -0.4 is 10.6 Å². The van der Waals surface area contributed by atoms with Gasteiger partial charge in [0.25, 0.3) is 0 Å². The molecule has 0 aromatic heterocycles. The first kappa shape index (κ1) is 19.9. The van der Waals surface area contributed by atoms with E-state index in [4.69, 9.17) is 0 Å². The predicted molar refractivity (Wildman–Crippen MR) is 118 cm³/mol. The molecular formula is C22H34P2. The number of rotatable bonds is 6. The third-order valence-electron chi connectivity index (χ3n) is 4.64. The Morgan fingerprint density at radius 3 is 1.17 bits per heavy atom. The normalized spacial score (nSPS) is 12.8. The summed E-state index contributed by atoms with van der Waals surface area (Å²) in [6, 6.07) is 14.0. The molecule has 0 spiro atoms. The maximum Gasteiger partial charge on any atom is -0.00296 e. The average molecular weight is 360 g/mol. The molecule has 0 aliphatic rings. The second-order valence-electron chi connectivity index (χ2n) is 7.84. The summed E-state index contributed by atoms with van der Waals surface area (Å²) in [6.45, 7) is 19.2. The van der Waals surface area contributed by atoms with Crippen LogP contribution in [0.2, 0.25) is 0 Å². The smallest absolute Gasteiger partial charge is 0.00296 e. The maximum absolute atomic E-state index is 2.42. The summed E-state index contributed by atoms with van der Waals surface area (Å²) in [4.78, 5) is 0. The average Bonchev–Trinajstić information content (AvgIpc) is 2.46. The second kappa shape index (κ2) is 8.29. The van der Waals surface area contributed by atoms with Crippen molar-refractivity contribution in [3.8, 4) is 0 Å². The zero-order valence-corrected chi connectivity index (χ0v) is 18.5. The summed E-state index contributed by atoms with van der Waals surface area (Å²) in [5, 5.41) is 6.29. The molecule has 0 unspecified atom stereocenters. The molecule has 0 saturated carbocycles. The fourth-order valence-corrected chi connectivity index (χ4v) is 10.3. The Balaban J connectivity index is 2.79. The van der Waals surface area contributed by atoms with Crippen molar-refractivity contribution < 1.29 is 0 Å². The quantitative estimate of drug-likeness (QED) is 0.504. The van der Waals surface area contributed by atoms with E-state index in [0.717, 1.165) is 22.6 Å². The summed E-state index contributed by atoms with van der Waals surface area (Å²) in [7, 11) is -0.285. The van der Waals surface area contributed by atoms with Crippen molar-refractivity contribution in [2.24, 2.45) is 0 Å². The molecule has 0 saturated heterocycles. The van der Waals surface area contributed by atoms with Gasteiger partial charge >= 0.3 is 0 Å². The molecule has 2 rings (SSSR count). The first-order chi connectivity index (χ1) is 11.3. The topological polar surface area (TPSA) is 0 Å². The minimum Gasteiger partial charge on any atom is -0.0694 e. The van der Waals surface area contributed by atoms with Crippen LogP contribution in [-0.4, -0.2) is 22.6 Å². The Morgan fingerprint density at radius 1 is 0.542 bits per heavy atom. The van der Waals surface area contributed by atoms with E-state index in [1.165, 1.54) is 5.39 Å². The molecule has 132 valence electrons. The maximum atomic E-state index is 2.42. The van der Waals surface area contributed by atoms with Gasteiger partial charge in [-0.3, -0.25) is 0 Å². The minimum absolute atomic E-state index is 0.143. The van der Waals surface area contributed by atoms with E-state index < -0.39 is 0 Å². The van der Waals surface area contributed by atoms with Crippen LogP contribution in [-0.2, 0) is 0 Å². The van der Waals surface area contributed by atoms with E-state index in [0.29, 0.717) is 0 Å². The van der Waals surface area contributed by atoms with Crippen LogP contribution in [0.1, 0.15) is 55.4 Å². The van der Waals surface area contributed by atoms with E-state index in [1.807, 2.05) is 0 Å². The SMILES string of the molecule is CC(C)P(c1cccc2cccc(P(C(C)C)C(C)C)c12)C(C)C. The highest BCUT2D eigenvalue weighted by atomic mass is 31.1. The number of hydrogen-bond acceptors (Lipinski definition) is 0. The first-order valence-electron chi connectivity index (χ1n) is 9.34. The standard InChI is InChI=1S/C22H34P2/c1-15(2)23(16(3)4)20-13-9-11-19-12-10-14-21(22(19)20)24(17(5)6)18(7)8/h9-18H,1-8H3. The van der Waals surface area contributed by atoms with Crippen LogP contribution >= 0.6 is 15.8 Å². The lowest BCUT2D eigenvalue weighted by molar-refractivity contribution is 1.02. The monoisotopic (exact) mass is 360 g/mol. The van der Waals surface area contributed by atoms with Crippen molar-refractivity contribution in [1.29, 1.82) is 0 Å². The van der Waals surface area contributed by atoms with Gasteiger partial charge < -0.3 is 0 Å². The minimum atomic E-state index is -0.143. The van der Waals surface area contributed by atoms with E-state index in [1.54, 1.807) is 16.0 Å². The van der Waals surface area contributed by atoms with Crippen molar-refractivity contribution >= 4 is 37.2 Å². The summed E-state index contributed by atoms with van der Waals surface area (Å²) >= 11 is 0. The number of hydrogen-bond donors (Lipinski definition) is 0. The molecule has 0 aliphatic carbocycles. The Bertz CT molecular complexity index is 600. The van der Waals surface area contributed by atoms with Crippen LogP contribution in [0.5, 0.6) is 0 Å². The Morgan fingerprint density at radius 2 is 0.875 bits per heavy atom. The van der Waals surface area contributed by atoms with E-state index in [-0.39, 0.29) is 15.8 Å². The van der Waals surface area contributed by atoms with Crippen molar-refractivity contribution in [2.45, 2.75) is 78.0 Å². The molecule has 0 atom stereocenters. The lowest BCUT2D eigenvalue weighted by Gasteiger charge is -2.32. The second-order valence-corrected chi connectivity index (χ2v) is 14.6. The van der Waals surface area contributed by atoms with Crippen LogP contribution in [0.3, 0.4) is 0 Å².